The molecule has 0 radical (unpaired) electrons. The molecule has 0 aromatic carbocycles. The van der Waals surface area contributed by atoms with Gasteiger partial charge in [0.25, 0.3) is 5.91 Å². The Hall–Kier alpha value is -1.52. The number of aromatic amines is 1. The van der Waals surface area contributed by atoms with Crippen LogP contribution < -0.4 is 5.73 Å². The molecule has 1 saturated carbocycles. The van der Waals surface area contributed by atoms with Crippen LogP contribution in [0.25, 0.3) is 0 Å². The molecule has 1 aliphatic carbocycles. The third-order valence-electron chi connectivity index (χ3n) is 4.78. The number of hydrogen-bond donors (Lipinski definition) is 2. The summed E-state index contributed by atoms with van der Waals surface area (Å²) in [7, 11) is 0. The summed E-state index contributed by atoms with van der Waals surface area (Å²) in [4.78, 5) is 14.4. The van der Waals surface area contributed by atoms with Crippen LogP contribution in [0.15, 0.2) is 0 Å². The van der Waals surface area contributed by atoms with Crippen molar-refractivity contribution < 1.29 is 4.79 Å². The minimum atomic E-state index is -0.00845. The summed E-state index contributed by atoms with van der Waals surface area (Å²) in [6.07, 6.45) is 6.42. The maximum atomic E-state index is 12.5. The number of aromatic nitrogens is 2. The number of nitrogens with one attached hydrogen (secondary N) is 1. The Kier molecular flexibility index (Phi) is 3.21. The monoisotopic (exact) mass is 262 g/mol. The van der Waals surface area contributed by atoms with Gasteiger partial charge in [-0.15, -0.1) is 0 Å². The Balaban J connectivity index is 1.72. The Bertz CT molecular complexity index is 482. The quantitative estimate of drug-likeness (QED) is 0.812. The van der Waals surface area contributed by atoms with Crippen molar-refractivity contribution in [3.05, 3.63) is 11.4 Å². The molecule has 2 aliphatic rings. The van der Waals surface area contributed by atoms with Crippen molar-refractivity contribution in [1.82, 2.24) is 15.1 Å². The zero-order chi connectivity index (χ0) is 13.4. The fourth-order valence-corrected chi connectivity index (χ4v) is 3.54. The number of likely N-dealkylation sites (tertiary alicyclic amines) is 1. The molecular weight excluding hydrogens is 240 g/mol. The molecule has 1 amide bonds. The number of fused-ring (bicyclic) bond motifs is 1. The number of H-pyrrole nitrogens is 1. The van der Waals surface area contributed by atoms with E-state index in [2.05, 4.69) is 10.2 Å². The highest BCUT2D eigenvalue weighted by molar-refractivity contribution is 5.97. The van der Waals surface area contributed by atoms with E-state index in [4.69, 9.17) is 5.73 Å². The number of nitrogen functional groups attached to an aromatic ring is 1. The largest absolute Gasteiger partial charge is 0.395 e. The zero-order valence-electron chi connectivity index (χ0n) is 11.5. The molecule has 3 N–H and O–H groups in total. The van der Waals surface area contributed by atoms with Gasteiger partial charge in [-0.05, 0) is 31.6 Å². The second kappa shape index (κ2) is 4.87. The van der Waals surface area contributed by atoms with Gasteiger partial charge in [0.15, 0.2) is 5.69 Å². The van der Waals surface area contributed by atoms with Crippen LogP contribution in [0.2, 0.25) is 0 Å². The van der Waals surface area contributed by atoms with Gasteiger partial charge in [-0.25, -0.2) is 0 Å². The predicted molar refractivity (Wildman–Crippen MR) is 73.7 cm³/mol. The van der Waals surface area contributed by atoms with Crippen LogP contribution in [0.5, 0.6) is 0 Å². The van der Waals surface area contributed by atoms with Crippen molar-refractivity contribution in [3.63, 3.8) is 0 Å². The molecule has 104 valence electrons. The minimum Gasteiger partial charge on any atom is -0.395 e. The molecular formula is C14H22N4O. The highest BCUT2D eigenvalue weighted by atomic mass is 16.2. The van der Waals surface area contributed by atoms with Gasteiger partial charge in [-0.1, -0.05) is 19.3 Å². The topological polar surface area (TPSA) is 75.0 Å². The molecule has 2 atom stereocenters. The van der Waals surface area contributed by atoms with Gasteiger partial charge < -0.3 is 10.6 Å². The van der Waals surface area contributed by atoms with E-state index >= 15 is 0 Å². The van der Waals surface area contributed by atoms with E-state index in [9.17, 15) is 4.79 Å². The molecule has 0 spiro atoms. The second-order valence-corrected chi connectivity index (χ2v) is 5.96. The van der Waals surface area contributed by atoms with Crippen LogP contribution in [0.4, 0.5) is 5.69 Å². The first-order chi connectivity index (χ1) is 9.16. The lowest BCUT2D eigenvalue weighted by Gasteiger charge is -2.41. The predicted octanol–water partition coefficient (Wildman–Crippen LogP) is 1.95. The maximum absolute atomic E-state index is 12.5. The molecule has 19 heavy (non-hydrogen) atoms. The summed E-state index contributed by atoms with van der Waals surface area (Å²) in [5.41, 5.74) is 7.57. The number of aryl methyl sites for hydroxylation is 1. The summed E-state index contributed by atoms with van der Waals surface area (Å²) in [6.45, 7) is 3.58. The summed E-state index contributed by atoms with van der Waals surface area (Å²) < 4.78 is 0. The van der Waals surface area contributed by atoms with Crippen LogP contribution >= 0.6 is 0 Å². The molecule has 3 rings (SSSR count). The first kappa shape index (κ1) is 12.5. The molecule has 1 saturated heterocycles. The fourth-order valence-electron chi connectivity index (χ4n) is 3.54. The van der Waals surface area contributed by atoms with Crippen LogP contribution in [0.3, 0.4) is 0 Å². The molecule has 1 aliphatic heterocycles. The van der Waals surface area contributed by atoms with E-state index in [1.54, 1.807) is 0 Å². The van der Waals surface area contributed by atoms with Crippen molar-refractivity contribution in [2.75, 3.05) is 18.8 Å². The molecule has 0 bridgehead atoms. The number of nitrogens with two attached hydrogens (primary N) is 1. The Morgan fingerprint density at radius 2 is 2.05 bits per heavy atom. The summed E-state index contributed by atoms with van der Waals surface area (Å²) in [5, 5.41) is 6.84. The van der Waals surface area contributed by atoms with Crippen molar-refractivity contribution in [3.8, 4) is 0 Å². The second-order valence-electron chi connectivity index (χ2n) is 5.96. The molecule has 5 heteroatoms. The SMILES string of the molecule is Cc1[nH]nc(C(=O)N2CCC3CCCCC3C2)c1N. The first-order valence-electron chi connectivity index (χ1n) is 7.26. The number of carbonyl (C=O) groups is 1. The molecule has 5 nitrogen and oxygen atoms in total. The fraction of sp³-hybridized carbons (Fsp3) is 0.714. The number of nitrogens with zero attached hydrogens (tertiary/aromatic N) is 2. The van der Waals surface area contributed by atoms with Crippen LogP contribution in [-0.2, 0) is 0 Å². The van der Waals surface area contributed by atoms with E-state index in [1.165, 1.54) is 25.7 Å². The average Bonchev–Trinajstić information content (AvgIpc) is 2.78. The number of amides is 1. The van der Waals surface area contributed by atoms with E-state index in [0.717, 1.165) is 31.1 Å². The van der Waals surface area contributed by atoms with Gasteiger partial charge in [0, 0.05) is 13.1 Å². The number of carbonyl (C=O) groups excluding carboxylic acids is 1. The standard InChI is InChI=1S/C14H22N4O/c1-9-12(15)13(17-16-9)14(19)18-7-6-10-4-2-3-5-11(10)8-18/h10-11H,2-8,15H2,1H3,(H,16,17). The maximum Gasteiger partial charge on any atom is 0.276 e. The molecule has 2 heterocycles. The highest BCUT2D eigenvalue weighted by Crippen LogP contribution is 2.36. The first-order valence-corrected chi connectivity index (χ1v) is 7.26. The number of hydrogen-bond acceptors (Lipinski definition) is 3. The van der Waals surface area contributed by atoms with Crippen molar-refractivity contribution in [1.29, 1.82) is 0 Å². The minimum absolute atomic E-state index is 0.00845. The van der Waals surface area contributed by atoms with E-state index in [0.29, 0.717) is 17.3 Å². The Labute approximate surface area is 113 Å². The normalized spacial score (nSPS) is 27.1. The molecule has 1 aromatic rings. The average molecular weight is 262 g/mol. The molecule has 2 unspecified atom stereocenters. The Morgan fingerprint density at radius 1 is 1.32 bits per heavy atom. The Morgan fingerprint density at radius 3 is 2.74 bits per heavy atom. The highest BCUT2D eigenvalue weighted by Gasteiger charge is 2.34. The van der Waals surface area contributed by atoms with E-state index < -0.39 is 0 Å². The summed E-state index contributed by atoms with van der Waals surface area (Å²) in [6, 6.07) is 0. The van der Waals surface area contributed by atoms with Gasteiger partial charge in [0.1, 0.15) is 0 Å². The number of piperidine rings is 1. The summed E-state index contributed by atoms with van der Waals surface area (Å²) in [5.74, 6) is 1.51. The number of anilines is 1. The van der Waals surface area contributed by atoms with E-state index in [-0.39, 0.29) is 5.91 Å². The van der Waals surface area contributed by atoms with Gasteiger partial charge >= 0.3 is 0 Å². The zero-order valence-corrected chi connectivity index (χ0v) is 11.5. The smallest absolute Gasteiger partial charge is 0.276 e. The van der Waals surface area contributed by atoms with Crippen molar-refractivity contribution in [2.24, 2.45) is 11.8 Å². The van der Waals surface area contributed by atoms with Gasteiger partial charge in [-0.3, -0.25) is 9.89 Å². The van der Waals surface area contributed by atoms with Crippen molar-refractivity contribution >= 4 is 11.6 Å². The summed E-state index contributed by atoms with van der Waals surface area (Å²) >= 11 is 0. The lowest BCUT2D eigenvalue weighted by Crippen LogP contribution is -2.45. The number of rotatable bonds is 1. The lowest BCUT2D eigenvalue weighted by molar-refractivity contribution is 0.0516. The van der Waals surface area contributed by atoms with Gasteiger partial charge in [0.2, 0.25) is 0 Å². The molecule has 1 aromatic heterocycles. The third kappa shape index (κ3) is 2.22. The van der Waals surface area contributed by atoms with Crippen LogP contribution in [-0.4, -0.2) is 34.1 Å². The van der Waals surface area contributed by atoms with E-state index in [1.807, 2.05) is 11.8 Å². The van der Waals surface area contributed by atoms with Gasteiger partial charge in [-0.2, -0.15) is 5.10 Å². The van der Waals surface area contributed by atoms with Crippen LogP contribution in [0.1, 0.15) is 48.3 Å². The lowest BCUT2D eigenvalue weighted by atomic mass is 9.75. The van der Waals surface area contributed by atoms with Gasteiger partial charge in [0.05, 0.1) is 11.4 Å². The van der Waals surface area contributed by atoms with Crippen LogP contribution in [0, 0.1) is 18.8 Å². The molecule has 2 fully saturated rings. The third-order valence-corrected chi connectivity index (χ3v) is 4.78. The van der Waals surface area contributed by atoms with Crippen molar-refractivity contribution in [2.45, 2.75) is 39.0 Å².